The van der Waals surface area contributed by atoms with Crippen LogP contribution >= 0.6 is 0 Å². The van der Waals surface area contributed by atoms with E-state index in [4.69, 9.17) is 10.9 Å². The van der Waals surface area contributed by atoms with Crippen molar-refractivity contribution in [2.45, 2.75) is 44.1 Å². The summed E-state index contributed by atoms with van der Waals surface area (Å²) in [5.74, 6) is -0.0151. The minimum Gasteiger partial charge on any atom is -0.409 e. The van der Waals surface area contributed by atoms with Gasteiger partial charge < -0.3 is 20.9 Å². The van der Waals surface area contributed by atoms with E-state index < -0.39 is 5.60 Å². The second-order valence-corrected chi connectivity index (χ2v) is 5.40. The Hall–Kier alpha value is -1.30. The van der Waals surface area contributed by atoms with Gasteiger partial charge in [0, 0.05) is 19.0 Å². The van der Waals surface area contributed by atoms with Crippen molar-refractivity contribution < 1.29 is 15.1 Å². The first-order chi connectivity index (χ1) is 8.55. The standard InChI is InChI=1S/C12H21N3O3/c13-10(14-18)7-11(16)15-6-5-12(17)4-2-1-3-9(12)8-15/h9,17-18H,1-8H2,(H2,13,14). The van der Waals surface area contributed by atoms with Crippen molar-refractivity contribution in [1.82, 2.24) is 4.90 Å². The molecule has 1 saturated carbocycles. The van der Waals surface area contributed by atoms with E-state index in [2.05, 4.69) is 5.16 Å². The van der Waals surface area contributed by atoms with E-state index in [1.165, 1.54) is 0 Å². The maximum Gasteiger partial charge on any atom is 0.230 e. The van der Waals surface area contributed by atoms with Gasteiger partial charge in [-0.25, -0.2) is 0 Å². The molecule has 6 heteroatoms. The van der Waals surface area contributed by atoms with Gasteiger partial charge in [0.25, 0.3) is 0 Å². The van der Waals surface area contributed by atoms with E-state index in [1.807, 2.05) is 0 Å². The third-order valence-corrected chi connectivity index (χ3v) is 4.24. The fraction of sp³-hybridized carbons (Fsp3) is 0.833. The fourth-order valence-corrected chi connectivity index (χ4v) is 3.10. The SMILES string of the molecule is NC(CC(=O)N1CCC2(O)CCCCC2C1)=NO. The van der Waals surface area contributed by atoms with E-state index in [0.29, 0.717) is 19.5 Å². The van der Waals surface area contributed by atoms with Crippen LogP contribution in [-0.4, -0.2) is 45.6 Å². The number of nitrogens with two attached hydrogens (primary N) is 1. The van der Waals surface area contributed by atoms with Gasteiger partial charge in [-0.05, 0) is 19.3 Å². The number of aliphatic hydroxyl groups is 1. The van der Waals surface area contributed by atoms with Gasteiger partial charge in [0.1, 0.15) is 5.84 Å². The number of amides is 1. The van der Waals surface area contributed by atoms with Gasteiger partial charge in [-0.15, -0.1) is 0 Å². The third-order valence-electron chi connectivity index (χ3n) is 4.24. The van der Waals surface area contributed by atoms with Crippen LogP contribution in [0.25, 0.3) is 0 Å². The van der Waals surface area contributed by atoms with E-state index >= 15 is 0 Å². The molecule has 2 atom stereocenters. The monoisotopic (exact) mass is 255 g/mol. The highest BCUT2D eigenvalue weighted by molar-refractivity contribution is 5.98. The number of carbonyl (C=O) groups is 1. The number of nitrogens with zero attached hydrogens (tertiary/aromatic N) is 2. The Morgan fingerprint density at radius 3 is 2.94 bits per heavy atom. The van der Waals surface area contributed by atoms with Crippen LogP contribution in [0.15, 0.2) is 5.16 Å². The van der Waals surface area contributed by atoms with E-state index in [9.17, 15) is 9.90 Å². The molecule has 2 aliphatic rings. The molecular weight excluding hydrogens is 234 g/mol. The van der Waals surface area contributed by atoms with Gasteiger partial charge in [0.05, 0.1) is 12.0 Å². The van der Waals surface area contributed by atoms with Crippen molar-refractivity contribution in [2.24, 2.45) is 16.8 Å². The highest BCUT2D eigenvalue weighted by atomic mass is 16.4. The quantitative estimate of drug-likeness (QED) is 0.285. The maximum atomic E-state index is 11.9. The van der Waals surface area contributed by atoms with Crippen LogP contribution in [0, 0.1) is 5.92 Å². The predicted molar refractivity (Wildman–Crippen MR) is 66.1 cm³/mol. The van der Waals surface area contributed by atoms with Crippen molar-refractivity contribution in [3.63, 3.8) is 0 Å². The summed E-state index contributed by atoms with van der Waals surface area (Å²) in [6, 6.07) is 0. The Morgan fingerprint density at radius 2 is 2.22 bits per heavy atom. The van der Waals surface area contributed by atoms with E-state index in [1.54, 1.807) is 4.90 Å². The molecule has 1 aliphatic heterocycles. The summed E-state index contributed by atoms with van der Waals surface area (Å²) < 4.78 is 0. The molecule has 1 aliphatic carbocycles. The molecule has 2 unspecified atom stereocenters. The van der Waals surface area contributed by atoms with Crippen molar-refractivity contribution in [2.75, 3.05) is 13.1 Å². The third kappa shape index (κ3) is 2.58. The van der Waals surface area contributed by atoms with Crippen molar-refractivity contribution in [1.29, 1.82) is 0 Å². The summed E-state index contributed by atoms with van der Waals surface area (Å²) in [5, 5.41) is 21.8. The second kappa shape index (κ2) is 5.14. The normalized spacial score (nSPS) is 33.1. The number of hydrogen-bond acceptors (Lipinski definition) is 4. The molecule has 102 valence electrons. The van der Waals surface area contributed by atoms with Crippen LogP contribution < -0.4 is 5.73 Å². The van der Waals surface area contributed by atoms with Crippen LogP contribution in [0.1, 0.15) is 38.5 Å². The molecule has 1 heterocycles. The molecule has 1 saturated heterocycles. The predicted octanol–water partition coefficient (Wildman–Crippen LogP) is 0.276. The zero-order chi connectivity index (χ0) is 13.2. The Labute approximate surface area is 106 Å². The molecule has 0 aromatic heterocycles. The maximum absolute atomic E-state index is 11.9. The minimum absolute atomic E-state index is 0.0539. The van der Waals surface area contributed by atoms with Crippen LogP contribution in [0.4, 0.5) is 0 Å². The Balaban J connectivity index is 1.96. The molecule has 6 nitrogen and oxygen atoms in total. The van der Waals surface area contributed by atoms with Crippen LogP contribution in [0.5, 0.6) is 0 Å². The first-order valence-electron chi connectivity index (χ1n) is 6.52. The Morgan fingerprint density at radius 1 is 1.44 bits per heavy atom. The largest absolute Gasteiger partial charge is 0.409 e. The molecule has 0 radical (unpaired) electrons. The zero-order valence-electron chi connectivity index (χ0n) is 10.5. The topological polar surface area (TPSA) is 99.2 Å². The molecule has 2 rings (SSSR count). The van der Waals surface area contributed by atoms with Crippen LogP contribution in [-0.2, 0) is 4.79 Å². The number of likely N-dealkylation sites (tertiary alicyclic amines) is 1. The van der Waals surface area contributed by atoms with Gasteiger partial charge in [-0.2, -0.15) is 0 Å². The lowest BCUT2D eigenvalue weighted by Crippen LogP contribution is -2.55. The van der Waals surface area contributed by atoms with Crippen molar-refractivity contribution >= 4 is 11.7 Å². The highest BCUT2D eigenvalue weighted by Crippen LogP contribution is 2.39. The van der Waals surface area contributed by atoms with E-state index in [0.717, 1.165) is 25.7 Å². The first kappa shape index (κ1) is 13.1. The molecule has 18 heavy (non-hydrogen) atoms. The summed E-state index contributed by atoms with van der Waals surface area (Å²) in [7, 11) is 0. The van der Waals surface area contributed by atoms with Gasteiger partial charge in [0.2, 0.25) is 5.91 Å². The molecular formula is C12H21N3O3. The number of amidine groups is 1. The van der Waals surface area contributed by atoms with Gasteiger partial charge in [-0.3, -0.25) is 4.79 Å². The number of hydrogen-bond donors (Lipinski definition) is 3. The summed E-state index contributed by atoms with van der Waals surface area (Å²) in [4.78, 5) is 13.6. The van der Waals surface area contributed by atoms with Crippen molar-refractivity contribution in [3.05, 3.63) is 0 Å². The van der Waals surface area contributed by atoms with Gasteiger partial charge in [0.15, 0.2) is 0 Å². The average molecular weight is 255 g/mol. The molecule has 4 N–H and O–H groups in total. The van der Waals surface area contributed by atoms with Crippen molar-refractivity contribution in [3.8, 4) is 0 Å². The lowest BCUT2D eigenvalue weighted by molar-refractivity contribution is -0.142. The van der Waals surface area contributed by atoms with Gasteiger partial charge in [-0.1, -0.05) is 18.0 Å². The second-order valence-electron chi connectivity index (χ2n) is 5.40. The molecule has 0 spiro atoms. The van der Waals surface area contributed by atoms with Gasteiger partial charge >= 0.3 is 0 Å². The summed E-state index contributed by atoms with van der Waals surface area (Å²) in [6.45, 7) is 1.15. The molecule has 0 bridgehead atoms. The summed E-state index contributed by atoms with van der Waals surface area (Å²) in [5.41, 5.74) is 4.76. The number of fused-ring (bicyclic) bond motifs is 1. The molecule has 0 aromatic rings. The smallest absolute Gasteiger partial charge is 0.230 e. The van der Waals surface area contributed by atoms with Crippen LogP contribution in [0.2, 0.25) is 0 Å². The van der Waals surface area contributed by atoms with Crippen LogP contribution in [0.3, 0.4) is 0 Å². The number of carbonyl (C=O) groups excluding carboxylic acids is 1. The molecule has 2 fully saturated rings. The minimum atomic E-state index is -0.578. The molecule has 0 aromatic carbocycles. The summed E-state index contributed by atoms with van der Waals surface area (Å²) >= 11 is 0. The highest BCUT2D eigenvalue weighted by Gasteiger charge is 2.43. The van der Waals surface area contributed by atoms with E-state index in [-0.39, 0.29) is 24.1 Å². The zero-order valence-corrected chi connectivity index (χ0v) is 10.5. The summed E-state index contributed by atoms with van der Waals surface area (Å²) in [6.07, 6.45) is 4.60. The number of oxime groups is 1. The Bertz CT molecular complexity index is 358. The lowest BCUT2D eigenvalue weighted by atomic mass is 9.71. The number of rotatable bonds is 2. The average Bonchev–Trinajstić information content (AvgIpc) is 2.37. The first-order valence-corrected chi connectivity index (χ1v) is 6.52. The Kier molecular flexibility index (Phi) is 3.75. The lowest BCUT2D eigenvalue weighted by Gasteiger charge is -2.47. The fourth-order valence-electron chi connectivity index (χ4n) is 3.10. The number of piperidine rings is 1. The molecule has 1 amide bonds.